The van der Waals surface area contributed by atoms with E-state index in [-0.39, 0.29) is 5.49 Å². The van der Waals surface area contributed by atoms with Crippen molar-refractivity contribution in [3.8, 4) is 0 Å². The monoisotopic (exact) mass is 369 g/mol. The van der Waals surface area contributed by atoms with Crippen LogP contribution >= 0.6 is 0 Å². The highest BCUT2D eigenvalue weighted by atomic mass is 32.3. The molecule has 0 spiro atoms. The summed E-state index contributed by atoms with van der Waals surface area (Å²) in [5.74, 6) is 0. The van der Waals surface area contributed by atoms with Crippen molar-refractivity contribution in [1.82, 2.24) is 9.13 Å². The van der Waals surface area contributed by atoms with E-state index >= 15 is 0 Å². The lowest BCUT2D eigenvalue weighted by molar-refractivity contribution is -0.0555. The number of hydrogen-bond acceptors (Lipinski definition) is 9. The van der Waals surface area contributed by atoms with E-state index < -0.39 is 47.2 Å². The molecule has 1 aromatic rings. The molecule has 0 radical (unpaired) electrons. The molecular formula is C11H19N3O9S. The maximum Gasteiger partial charge on any atom is 0.397 e. The fourth-order valence-corrected chi connectivity index (χ4v) is 1.91. The Bertz CT molecular complexity index is 772. The van der Waals surface area contributed by atoms with Crippen molar-refractivity contribution in [3.63, 3.8) is 0 Å². The molecule has 138 valence electrons. The number of nitrogens with zero attached hydrogens (tertiary/aromatic N) is 2. The summed E-state index contributed by atoms with van der Waals surface area (Å²) in [6, 6.07) is 1.37. The second-order valence-electron chi connectivity index (χ2n) is 4.77. The van der Waals surface area contributed by atoms with Crippen molar-refractivity contribution >= 4 is 10.4 Å². The standard InChI is InChI=1S/C10H15N3O5.CH4O4S/c1-12-6(11)2-3-13(10(12)17)9-8(16)7(15)5(4-14)18-9;1-5-6(2,3)4/h2-3,5,7-9,11,14-16H,4H2,1H3;1H3,(H,2,3,4)/t5-,7+,8+,9?;/m1./s1. The van der Waals surface area contributed by atoms with Gasteiger partial charge in [-0.2, -0.15) is 8.42 Å². The summed E-state index contributed by atoms with van der Waals surface area (Å²) >= 11 is 0. The zero-order valence-electron chi connectivity index (χ0n) is 12.8. The van der Waals surface area contributed by atoms with Gasteiger partial charge >= 0.3 is 16.1 Å². The second-order valence-corrected chi connectivity index (χ2v) is 5.96. The van der Waals surface area contributed by atoms with E-state index in [2.05, 4.69) is 4.18 Å². The minimum Gasteiger partial charge on any atom is -0.394 e. The van der Waals surface area contributed by atoms with Gasteiger partial charge in [0.2, 0.25) is 0 Å². The lowest BCUT2D eigenvalue weighted by Gasteiger charge is -2.18. The van der Waals surface area contributed by atoms with Crippen molar-refractivity contribution in [3.05, 3.63) is 28.2 Å². The smallest absolute Gasteiger partial charge is 0.394 e. The van der Waals surface area contributed by atoms with E-state index in [9.17, 15) is 23.4 Å². The first-order valence-corrected chi connectivity index (χ1v) is 7.88. The topological polar surface area (TPSA) is 184 Å². The lowest BCUT2D eigenvalue weighted by atomic mass is 10.1. The highest BCUT2D eigenvalue weighted by Gasteiger charge is 2.43. The Hall–Kier alpha value is -1.61. The van der Waals surface area contributed by atoms with Crippen LogP contribution < -0.4 is 11.2 Å². The van der Waals surface area contributed by atoms with Crippen LogP contribution in [-0.4, -0.2) is 69.5 Å². The Balaban J connectivity index is 0.000000413. The van der Waals surface area contributed by atoms with Crippen molar-refractivity contribution in [2.45, 2.75) is 24.5 Å². The Morgan fingerprint density at radius 2 is 1.92 bits per heavy atom. The highest BCUT2D eigenvalue weighted by molar-refractivity contribution is 7.80. The maximum atomic E-state index is 11.9. The van der Waals surface area contributed by atoms with Crippen LogP contribution in [0.1, 0.15) is 6.23 Å². The molecule has 13 heteroatoms. The Morgan fingerprint density at radius 3 is 2.33 bits per heavy atom. The summed E-state index contributed by atoms with van der Waals surface area (Å²) in [7, 11) is -1.87. The first kappa shape index (κ1) is 20.4. The molecule has 1 aliphatic rings. The molecular weight excluding hydrogens is 350 g/mol. The van der Waals surface area contributed by atoms with E-state index in [4.69, 9.17) is 19.8 Å². The van der Waals surface area contributed by atoms with Crippen LogP contribution in [0.4, 0.5) is 0 Å². The van der Waals surface area contributed by atoms with Crippen LogP contribution in [-0.2, 0) is 26.4 Å². The molecule has 1 saturated heterocycles. The minimum atomic E-state index is -4.16. The summed E-state index contributed by atoms with van der Waals surface area (Å²) in [6.45, 7) is -0.452. The molecule has 0 saturated carbocycles. The van der Waals surface area contributed by atoms with E-state index in [1.54, 1.807) is 0 Å². The third-order valence-electron chi connectivity index (χ3n) is 3.26. The number of aliphatic hydroxyl groups excluding tert-OH is 3. The normalized spacial score (nSPS) is 26.8. The summed E-state index contributed by atoms with van der Waals surface area (Å²) in [5.41, 5.74) is -0.527. The van der Waals surface area contributed by atoms with Crippen LogP contribution in [0.2, 0.25) is 0 Å². The van der Waals surface area contributed by atoms with E-state index in [1.165, 1.54) is 19.3 Å². The van der Waals surface area contributed by atoms with Gasteiger partial charge in [-0.25, -0.2) is 4.79 Å². The molecule has 4 atom stereocenters. The minimum absolute atomic E-state index is 0.0167. The number of nitrogens with one attached hydrogen (secondary N) is 1. The van der Waals surface area contributed by atoms with Crippen molar-refractivity contribution in [2.24, 2.45) is 7.05 Å². The lowest BCUT2D eigenvalue weighted by Crippen LogP contribution is -2.41. The number of ether oxygens (including phenoxy) is 1. The van der Waals surface area contributed by atoms with Crippen LogP contribution in [0.15, 0.2) is 17.1 Å². The molecule has 1 aliphatic heterocycles. The van der Waals surface area contributed by atoms with Gasteiger partial charge in [-0.05, 0) is 6.07 Å². The SMILES string of the molecule is COS(=O)(=O)O.Cn1c(=N)ccn(C2O[C@H](CO)[C@H](O)[C@@H]2O)c1=O. The first-order valence-electron chi connectivity index (χ1n) is 6.51. The van der Waals surface area contributed by atoms with Gasteiger partial charge < -0.3 is 20.1 Å². The Labute approximate surface area is 136 Å². The van der Waals surface area contributed by atoms with Crippen molar-refractivity contribution in [1.29, 1.82) is 5.41 Å². The highest BCUT2D eigenvalue weighted by Crippen LogP contribution is 2.27. The van der Waals surface area contributed by atoms with Gasteiger partial charge in [0.1, 0.15) is 23.8 Å². The number of rotatable bonds is 3. The number of hydrogen-bond donors (Lipinski definition) is 5. The first-order chi connectivity index (χ1) is 11.0. The molecule has 0 aliphatic carbocycles. The Morgan fingerprint density at radius 1 is 1.38 bits per heavy atom. The predicted molar refractivity (Wildman–Crippen MR) is 77.1 cm³/mol. The largest absolute Gasteiger partial charge is 0.397 e. The zero-order chi connectivity index (χ0) is 18.7. The summed E-state index contributed by atoms with van der Waals surface area (Å²) in [5, 5.41) is 35.8. The molecule has 5 N–H and O–H groups in total. The van der Waals surface area contributed by atoms with Crippen LogP contribution in [0.5, 0.6) is 0 Å². The van der Waals surface area contributed by atoms with Gasteiger partial charge in [0.05, 0.1) is 13.7 Å². The van der Waals surface area contributed by atoms with Gasteiger partial charge in [0.15, 0.2) is 6.23 Å². The van der Waals surface area contributed by atoms with Gasteiger partial charge in [0.25, 0.3) is 0 Å². The molecule has 1 fully saturated rings. The quantitative estimate of drug-likeness (QED) is 0.341. The molecule has 0 amide bonds. The summed E-state index contributed by atoms with van der Waals surface area (Å²) < 4.78 is 37.1. The Kier molecular flexibility index (Phi) is 6.79. The van der Waals surface area contributed by atoms with Gasteiger partial charge in [-0.15, -0.1) is 0 Å². The van der Waals surface area contributed by atoms with E-state index in [0.29, 0.717) is 0 Å². The van der Waals surface area contributed by atoms with Gasteiger partial charge in [0, 0.05) is 13.2 Å². The van der Waals surface area contributed by atoms with Crippen molar-refractivity contribution in [2.75, 3.05) is 13.7 Å². The molecule has 1 unspecified atom stereocenters. The molecule has 2 rings (SSSR count). The third-order valence-corrected chi connectivity index (χ3v) is 3.69. The summed E-state index contributed by atoms with van der Waals surface area (Å²) in [6.07, 6.45) is -3.26. The van der Waals surface area contributed by atoms with Crippen LogP contribution in [0.3, 0.4) is 0 Å². The van der Waals surface area contributed by atoms with Crippen LogP contribution in [0, 0.1) is 5.41 Å². The number of aliphatic hydroxyl groups is 3. The fourth-order valence-electron chi connectivity index (χ4n) is 1.91. The number of aromatic nitrogens is 2. The molecule has 0 aromatic carbocycles. The van der Waals surface area contributed by atoms with Gasteiger partial charge in [-0.3, -0.25) is 23.3 Å². The van der Waals surface area contributed by atoms with Crippen molar-refractivity contribution < 1.29 is 37.2 Å². The van der Waals surface area contributed by atoms with Crippen LogP contribution in [0.25, 0.3) is 0 Å². The zero-order valence-corrected chi connectivity index (χ0v) is 13.6. The maximum absolute atomic E-state index is 11.9. The molecule has 1 aromatic heterocycles. The molecule has 2 heterocycles. The molecule has 12 nitrogen and oxygen atoms in total. The molecule has 0 bridgehead atoms. The molecule has 24 heavy (non-hydrogen) atoms. The second kappa shape index (κ2) is 7.98. The van der Waals surface area contributed by atoms with E-state index in [1.807, 2.05) is 0 Å². The third kappa shape index (κ3) is 4.70. The van der Waals surface area contributed by atoms with E-state index in [0.717, 1.165) is 16.2 Å². The average Bonchev–Trinajstić information content (AvgIpc) is 2.81. The fraction of sp³-hybridized carbons (Fsp3) is 0.636. The van der Waals surface area contributed by atoms with Gasteiger partial charge in [-0.1, -0.05) is 0 Å². The summed E-state index contributed by atoms with van der Waals surface area (Å²) in [4.78, 5) is 11.9. The predicted octanol–water partition coefficient (Wildman–Crippen LogP) is -3.29. The average molecular weight is 369 g/mol.